The van der Waals surface area contributed by atoms with Gasteiger partial charge in [-0.3, -0.25) is 0 Å². The third kappa shape index (κ3) is 2.80. The summed E-state index contributed by atoms with van der Waals surface area (Å²) in [6.07, 6.45) is 0.935. The summed E-state index contributed by atoms with van der Waals surface area (Å²) in [5.74, 6) is 1.23. The van der Waals surface area contributed by atoms with Crippen LogP contribution in [0.5, 0.6) is 0 Å². The number of rotatable bonds is 3. The average molecular weight is 250 g/mol. The van der Waals surface area contributed by atoms with Crippen LogP contribution in [0.1, 0.15) is 19.5 Å². The second kappa shape index (κ2) is 4.80. The molecule has 0 fully saturated rings. The third-order valence-electron chi connectivity index (χ3n) is 2.48. The molecule has 0 atom stereocenters. The molecule has 0 aliphatic carbocycles. The summed E-state index contributed by atoms with van der Waals surface area (Å²) in [4.78, 5) is 0. The summed E-state index contributed by atoms with van der Waals surface area (Å²) >= 11 is 5.85. The van der Waals surface area contributed by atoms with Gasteiger partial charge in [-0.05, 0) is 36.6 Å². The van der Waals surface area contributed by atoms with Gasteiger partial charge in [0.1, 0.15) is 5.82 Å². The first-order chi connectivity index (χ1) is 8.06. The lowest BCUT2D eigenvalue weighted by Crippen LogP contribution is -2.02. The van der Waals surface area contributed by atoms with E-state index in [1.807, 2.05) is 30.3 Å². The minimum absolute atomic E-state index is 0.572. The van der Waals surface area contributed by atoms with Gasteiger partial charge in [-0.1, -0.05) is 25.4 Å². The highest BCUT2D eigenvalue weighted by Crippen LogP contribution is 2.18. The van der Waals surface area contributed by atoms with Gasteiger partial charge < -0.3 is 5.73 Å². The fourth-order valence-electron chi connectivity index (χ4n) is 1.75. The topological polar surface area (TPSA) is 43.8 Å². The van der Waals surface area contributed by atoms with Crippen LogP contribution in [-0.4, -0.2) is 9.78 Å². The average Bonchev–Trinajstić information content (AvgIpc) is 2.59. The lowest BCUT2D eigenvalue weighted by atomic mass is 10.1. The van der Waals surface area contributed by atoms with Crippen molar-refractivity contribution in [2.45, 2.75) is 20.3 Å². The summed E-state index contributed by atoms with van der Waals surface area (Å²) in [6.45, 7) is 4.33. The summed E-state index contributed by atoms with van der Waals surface area (Å²) < 4.78 is 1.74. The van der Waals surface area contributed by atoms with Gasteiger partial charge in [-0.25, -0.2) is 4.68 Å². The van der Waals surface area contributed by atoms with Crippen molar-refractivity contribution in [2.75, 3.05) is 5.73 Å². The van der Waals surface area contributed by atoms with Crippen LogP contribution >= 0.6 is 11.6 Å². The van der Waals surface area contributed by atoms with Crippen molar-refractivity contribution < 1.29 is 0 Å². The van der Waals surface area contributed by atoms with Crippen molar-refractivity contribution in [1.82, 2.24) is 9.78 Å². The van der Waals surface area contributed by atoms with E-state index in [9.17, 15) is 0 Å². The van der Waals surface area contributed by atoms with E-state index in [4.69, 9.17) is 17.3 Å². The minimum Gasteiger partial charge on any atom is -0.384 e. The molecule has 1 heterocycles. The van der Waals surface area contributed by atoms with Crippen LogP contribution in [0.15, 0.2) is 30.3 Å². The number of hydrogen-bond acceptors (Lipinski definition) is 2. The highest BCUT2D eigenvalue weighted by atomic mass is 35.5. The first-order valence-corrected chi connectivity index (χ1v) is 6.04. The van der Waals surface area contributed by atoms with Crippen LogP contribution in [0, 0.1) is 5.92 Å². The molecule has 0 aliphatic rings. The molecule has 2 aromatic rings. The van der Waals surface area contributed by atoms with Crippen LogP contribution in [0.25, 0.3) is 5.69 Å². The maximum atomic E-state index is 5.95. The van der Waals surface area contributed by atoms with Gasteiger partial charge in [0.15, 0.2) is 0 Å². The Morgan fingerprint density at radius 2 is 1.94 bits per heavy atom. The van der Waals surface area contributed by atoms with E-state index >= 15 is 0 Å². The van der Waals surface area contributed by atoms with Crippen molar-refractivity contribution in [2.24, 2.45) is 5.92 Å². The zero-order valence-electron chi connectivity index (χ0n) is 10.0. The van der Waals surface area contributed by atoms with E-state index in [1.54, 1.807) is 4.68 Å². The van der Waals surface area contributed by atoms with Crippen molar-refractivity contribution in [3.05, 3.63) is 41.0 Å². The molecule has 0 aliphatic heterocycles. The molecule has 0 amide bonds. The van der Waals surface area contributed by atoms with E-state index in [0.717, 1.165) is 17.8 Å². The summed E-state index contributed by atoms with van der Waals surface area (Å²) in [5.41, 5.74) is 7.91. The number of nitrogens with zero attached hydrogens (tertiary/aromatic N) is 2. The Labute approximate surface area is 106 Å². The quantitative estimate of drug-likeness (QED) is 0.907. The Balaban J connectivity index is 2.32. The highest BCUT2D eigenvalue weighted by molar-refractivity contribution is 6.30. The first kappa shape index (κ1) is 12.0. The molecule has 0 saturated heterocycles. The zero-order valence-corrected chi connectivity index (χ0v) is 10.8. The molecule has 2 rings (SSSR count). The van der Waals surface area contributed by atoms with Crippen molar-refractivity contribution in [1.29, 1.82) is 0 Å². The number of hydrogen-bond donors (Lipinski definition) is 1. The molecule has 0 radical (unpaired) electrons. The van der Waals surface area contributed by atoms with Crippen molar-refractivity contribution >= 4 is 17.4 Å². The maximum absolute atomic E-state index is 5.95. The first-order valence-electron chi connectivity index (χ1n) is 5.66. The molecule has 17 heavy (non-hydrogen) atoms. The van der Waals surface area contributed by atoms with E-state index < -0.39 is 0 Å². The molecule has 0 bridgehead atoms. The number of halogens is 1. The summed E-state index contributed by atoms with van der Waals surface area (Å²) in [7, 11) is 0. The molecule has 1 aromatic heterocycles. The molecule has 0 unspecified atom stereocenters. The SMILES string of the molecule is CC(C)Cc1cc(N)n(-c2ccc(Cl)cc2)n1. The van der Waals surface area contributed by atoms with E-state index in [-0.39, 0.29) is 0 Å². The van der Waals surface area contributed by atoms with Gasteiger partial charge in [0.05, 0.1) is 11.4 Å². The Kier molecular flexibility index (Phi) is 3.38. The van der Waals surface area contributed by atoms with Crippen LogP contribution < -0.4 is 5.73 Å². The van der Waals surface area contributed by atoms with Gasteiger partial charge in [0, 0.05) is 11.1 Å². The van der Waals surface area contributed by atoms with Gasteiger partial charge >= 0.3 is 0 Å². The normalized spacial score (nSPS) is 11.1. The molecule has 0 saturated carbocycles. The highest BCUT2D eigenvalue weighted by Gasteiger charge is 2.08. The van der Waals surface area contributed by atoms with Crippen molar-refractivity contribution in [3.63, 3.8) is 0 Å². The van der Waals surface area contributed by atoms with Gasteiger partial charge in [-0.15, -0.1) is 0 Å². The van der Waals surface area contributed by atoms with Gasteiger partial charge in [0.2, 0.25) is 0 Å². The third-order valence-corrected chi connectivity index (χ3v) is 2.73. The van der Waals surface area contributed by atoms with Crippen molar-refractivity contribution in [3.8, 4) is 5.69 Å². The van der Waals surface area contributed by atoms with E-state index in [1.165, 1.54) is 0 Å². The molecule has 1 aromatic carbocycles. The predicted molar refractivity (Wildman–Crippen MR) is 71.5 cm³/mol. The molecule has 2 N–H and O–H groups in total. The molecular weight excluding hydrogens is 234 g/mol. The number of nitrogens with two attached hydrogens (primary N) is 1. The van der Waals surface area contributed by atoms with Crippen LogP contribution in [0.4, 0.5) is 5.82 Å². The molecule has 0 spiro atoms. The zero-order chi connectivity index (χ0) is 12.4. The van der Waals surface area contributed by atoms with E-state index in [2.05, 4.69) is 18.9 Å². The number of benzene rings is 1. The van der Waals surface area contributed by atoms with E-state index in [0.29, 0.717) is 16.8 Å². The summed E-state index contributed by atoms with van der Waals surface area (Å²) in [5, 5.41) is 5.21. The number of nitrogen functional groups attached to an aromatic ring is 1. The lowest BCUT2D eigenvalue weighted by molar-refractivity contribution is 0.628. The minimum atomic E-state index is 0.572. The maximum Gasteiger partial charge on any atom is 0.127 e. The second-order valence-corrected chi connectivity index (χ2v) is 4.98. The van der Waals surface area contributed by atoms with Crippen LogP contribution in [0.3, 0.4) is 0 Å². The fraction of sp³-hybridized carbons (Fsp3) is 0.308. The van der Waals surface area contributed by atoms with Gasteiger partial charge in [-0.2, -0.15) is 5.10 Å². The fourth-order valence-corrected chi connectivity index (χ4v) is 1.88. The molecule has 90 valence electrons. The Bertz CT molecular complexity index is 500. The second-order valence-electron chi connectivity index (χ2n) is 4.55. The molecule has 4 heteroatoms. The number of anilines is 1. The Morgan fingerprint density at radius 3 is 2.53 bits per heavy atom. The Hall–Kier alpha value is -1.48. The monoisotopic (exact) mass is 249 g/mol. The number of aromatic nitrogens is 2. The summed E-state index contributed by atoms with van der Waals surface area (Å²) in [6, 6.07) is 9.41. The lowest BCUT2D eigenvalue weighted by Gasteiger charge is -2.03. The molecular formula is C13H16ClN3. The standard InChI is InChI=1S/C13H16ClN3/c1-9(2)7-11-8-13(15)17(16-11)12-5-3-10(14)4-6-12/h3-6,8-9H,7,15H2,1-2H3. The smallest absolute Gasteiger partial charge is 0.127 e. The molecule has 3 nitrogen and oxygen atoms in total. The predicted octanol–water partition coefficient (Wildman–Crippen LogP) is 3.31. The Morgan fingerprint density at radius 1 is 1.29 bits per heavy atom. The van der Waals surface area contributed by atoms with Gasteiger partial charge in [0.25, 0.3) is 0 Å². The largest absolute Gasteiger partial charge is 0.384 e. The van der Waals surface area contributed by atoms with Crippen LogP contribution in [-0.2, 0) is 6.42 Å². The van der Waals surface area contributed by atoms with Crippen LogP contribution in [0.2, 0.25) is 5.02 Å².